The molecule has 1 amide bonds. The first-order valence-corrected chi connectivity index (χ1v) is 15.2. The SMILES string of the molecule is CCC1(N2CCOCC2)CC1Nc1ncnc(OC)c1C(=O)NC1C2CCC(C2)C1c1cccc(SC(F)(F)F)c1. The van der Waals surface area contributed by atoms with E-state index in [4.69, 9.17) is 9.47 Å². The van der Waals surface area contributed by atoms with Crippen molar-refractivity contribution in [3.05, 3.63) is 41.7 Å². The number of anilines is 1. The molecule has 2 heterocycles. The molecule has 2 aromatic rings. The van der Waals surface area contributed by atoms with Crippen LogP contribution in [0.2, 0.25) is 0 Å². The van der Waals surface area contributed by atoms with Gasteiger partial charge in [0.1, 0.15) is 17.7 Å². The smallest absolute Gasteiger partial charge is 0.446 e. The summed E-state index contributed by atoms with van der Waals surface area (Å²) in [6.45, 7) is 5.36. The van der Waals surface area contributed by atoms with E-state index in [0.29, 0.717) is 24.9 Å². The highest BCUT2D eigenvalue weighted by atomic mass is 32.2. The van der Waals surface area contributed by atoms with E-state index in [-0.39, 0.29) is 63.5 Å². The van der Waals surface area contributed by atoms with E-state index in [9.17, 15) is 18.0 Å². The third-order valence-electron chi connectivity index (χ3n) is 9.53. The number of nitrogens with zero attached hydrogens (tertiary/aromatic N) is 3. The normalized spacial score (nSPS) is 31.2. The Kier molecular flexibility index (Phi) is 7.84. The lowest BCUT2D eigenvalue weighted by Crippen LogP contribution is -2.47. The highest BCUT2D eigenvalue weighted by Crippen LogP contribution is 2.54. The van der Waals surface area contributed by atoms with Crippen molar-refractivity contribution in [1.29, 1.82) is 0 Å². The Morgan fingerprint density at radius 1 is 1.22 bits per heavy atom. The van der Waals surface area contributed by atoms with Gasteiger partial charge in [-0.3, -0.25) is 9.69 Å². The fourth-order valence-electron chi connectivity index (χ4n) is 7.58. The van der Waals surface area contributed by atoms with E-state index >= 15 is 0 Å². The molecule has 1 aromatic heterocycles. The Labute approximate surface area is 242 Å². The van der Waals surface area contributed by atoms with Crippen molar-refractivity contribution < 1.29 is 27.4 Å². The van der Waals surface area contributed by atoms with Crippen LogP contribution in [0.3, 0.4) is 0 Å². The van der Waals surface area contributed by atoms with Crippen LogP contribution in [0.15, 0.2) is 35.5 Å². The number of amides is 1. The van der Waals surface area contributed by atoms with E-state index < -0.39 is 5.51 Å². The van der Waals surface area contributed by atoms with E-state index in [1.165, 1.54) is 19.5 Å². The number of rotatable bonds is 9. The molecule has 4 aliphatic rings. The lowest BCUT2D eigenvalue weighted by atomic mass is 9.79. The number of hydrogen-bond acceptors (Lipinski definition) is 8. The van der Waals surface area contributed by atoms with Gasteiger partial charge in [0.15, 0.2) is 0 Å². The van der Waals surface area contributed by atoms with Gasteiger partial charge in [0.05, 0.1) is 20.3 Å². The second kappa shape index (κ2) is 11.3. The molecular formula is C29H36F3N5O3S. The number of hydrogen-bond donors (Lipinski definition) is 2. The second-order valence-electron chi connectivity index (χ2n) is 11.5. The number of carbonyl (C=O) groups excluding carboxylic acids is 1. The van der Waals surface area contributed by atoms with Crippen molar-refractivity contribution in [1.82, 2.24) is 20.2 Å². The first-order chi connectivity index (χ1) is 19.7. The molecule has 6 unspecified atom stereocenters. The van der Waals surface area contributed by atoms with Crippen LogP contribution in [0.1, 0.15) is 60.9 Å². The first kappa shape index (κ1) is 28.5. The van der Waals surface area contributed by atoms with E-state index in [2.05, 4.69) is 32.4 Å². The maximum absolute atomic E-state index is 14.0. The zero-order valence-corrected chi connectivity index (χ0v) is 24.1. The number of halogens is 3. The number of nitrogens with one attached hydrogen (secondary N) is 2. The lowest BCUT2D eigenvalue weighted by molar-refractivity contribution is -0.0328. The number of thioether (sulfide) groups is 1. The van der Waals surface area contributed by atoms with Gasteiger partial charge in [-0.25, -0.2) is 9.97 Å². The summed E-state index contributed by atoms with van der Waals surface area (Å²) in [6, 6.07) is 6.60. The van der Waals surface area contributed by atoms with E-state index in [1.807, 2.05) is 6.07 Å². The van der Waals surface area contributed by atoms with Gasteiger partial charge in [-0.05, 0) is 73.4 Å². The molecule has 6 rings (SSSR count). The van der Waals surface area contributed by atoms with Gasteiger partial charge < -0.3 is 20.1 Å². The zero-order chi connectivity index (χ0) is 28.8. The van der Waals surface area contributed by atoms with Crippen LogP contribution in [-0.4, -0.2) is 77.3 Å². The standard InChI is InChI=1S/C29H36F3N5O3S/c1-3-28(37-9-11-40-12-10-37)15-21(28)35-25-23(27(39-2)34-16-33-25)26(38)36-24-19-8-7-18(13-19)22(24)17-5-4-6-20(14-17)41-29(30,31)32/h4-6,14,16,18-19,21-22,24H,3,7-13,15H2,1-2H3,(H,36,38)(H,33,34,35). The molecule has 3 aliphatic carbocycles. The topological polar surface area (TPSA) is 88.6 Å². The molecule has 1 aromatic carbocycles. The van der Waals surface area contributed by atoms with Crippen LogP contribution in [0, 0.1) is 11.8 Å². The maximum atomic E-state index is 14.0. The maximum Gasteiger partial charge on any atom is 0.446 e. The highest BCUT2D eigenvalue weighted by Gasteiger charge is 2.57. The molecule has 1 aliphatic heterocycles. The highest BCUT2D eigenvalue weighted by molar-refractivity contribution is 8.00. The van der Waals surface area contributed by atoms with Crippen molar-refractivity contribution in [3.63, 3.8) is 0 Å². The van der Waals surface area contributed by atoms with Crippen molar-refractivity contribution in [2.45, 2.75) is 73.0 Å². The molecule has 12 heteroatoms. The number of aromatic nitrogens is 2. The number of benzene rings is 1. The lowest BCUT2D eigenvalue weighted by Gasteiger charge is -2.35. The van der Waals surface area contributed by atoms with E-state index in [1.54, 1.807) is 12.1 Å². The molecule has 6 atom stereocenters. The predicted octanol–water partition coefficient (Wildman–Crippen LogP) is 5.07. The molecule has 41 heavy (non-hydrogen) atoms. The Morgan fingerprint density at radius 3 is 2.73 bits per heavy atom. The van der Waals surface area contributed by atoms with Crippen molar-refractivity contribution in [2.24, 2.45) is 11.8 Å². The van der Waals surface area contributed by atoms with E-state index in [0.717, 1.165) is 50.8 Å². The first-order valence-electron chi connectivity index (χ1n) is 14.4. The molecule has 0 radical (unpaired) electrons. The van der Waals surface area contributed by atoms with Gasteiger partial charge in [0.2, 0.25) is 5.88 Å². The molecule has 4 fully saturated rings. The summed E-state index contributed by atoms with van der Waals surface area (Å²) in [7, 11) is 1.48. The average molecular weight is 592 g/mol. The van der Waals surface area contributed by atoms with Crippen LogP contribution in [0.25, 0.3) is 0 Å². The summed E-state index contributed by atoms with van der Waals surface area (Å²) in [5, 5.41) is 6.78. The fourth-order valence-corrected chi connectivity index (χ4v) is 8.19. The minimum atomic E-state index is -4.35. The molecule has 222 valence electrons. The minimum Gasteiger partial charge on any atom is -0.480 e. The van der Waals surface area contributed by atoms with Crippen molar-refractivity contribution in [2.75, 3.05) is 38.7 Å². The second-order valence-corrected chi connectivity index (χ2v) is 12.7. The molecule has 2 bridgehead atoms. The summed E-state index contributed by atoms with van der Waals surface area (Å²) in [5.41, 5.74) is -3.27. The summed E-state index contributed by atoms with van der Waals surface area (Å²) < 4.78 is 50.3. The summed E-state index contributed by atoms with van der Waals surface area (Å²) in [5.74, 6) is 0.813. The van der Waals surface area contributed by atoms with Crippen LogP contribution in [-0.2, 0) is 4.74 Å². The molecule has 0 spiro atoms. The summed E-state index contributed by atoms with van der Waals surface area (Å²) in [6.07, 6.45) is 6.24. The predicted molar refractivity (Wildman–Crippen MR) is 149 cm³/mol. The number of ether oxygens (including phenoxy) is 2. The average Bonchev–Trinajstić information content (AvgIpc) is 3.28. The number of methoxy groups -OCH3 is 1. The Bertz CT molecular complexity index is 1280. The zero-order valence-electron chi connectivity index (χ0n) is 23.2. The summed E-state index contributed by atoms with van der Waals surface area (Å²) in [4.78, 5) is 25.3. The van der Waals surface area contributed by atoms with Crippen molar-refractivity contribution in [3.8, 4) is 5.88 Å². The van der Waals surface area contributed by atoms with Gasteiger partial charge in [-0.1, -0.05) is 19.1 Å². The number of carbonyl (C=O) groups is 1. The van der Waals surface area contributed by atoms with Crippen LogP contribution in [0.4, 0.5) is 19.0 Å². The molecular weight excluding hydrogens is 555 g/mol. The van der Waals surface area contributed by atoms with Gasteiger partial charge >= 0.3 is 5.51 Å². The minimum absolute atomic E-state index is 0.00907. The monoisotopic (exact) mass is 591 g/mol. The van der Waals surface area contributed by atoms with Gasteiger partial charge in [0, 0.05) is 41.5 Å². The molecule has 8 nitrogen and oxygen atoms in total. The summed E-state index contributed by atoms with van der Waals surface area (Å²) >= 11 is -0.103. The van der Waals surface area contributed by atoms with Gasteiger partial charge in [-0.2, -0.15) is 13.2 Å². The third-order valence-corrected chi connectivity index (χ3v) is 10.3. The Balaban J connectivity index is 1.23. The number of fused-ring (bicyclic) bond motifs is 2. The van der Waals surface area contributed by atoms with Crippen LogP contribution < -0.4 is 15.4 Å². The third kappa shape index (κ3) is 5.62. The number of alkyl halides is 3. The van der Waals surface area contributed by atoms with Gasteiger partial charge in [0.25, 0.3) is 5.91 Å². The quantitative estimate of drug-likeness (QED) is 0.391. The largest absolute Gasteiger partial charge is 0.480 e. The Morgan fingerprint density at radius 2 is 2.00 bits per heavy atom. The molecule has 3 saturated carbocycles. The molecule has 1 saturated heterocycles. The molecule has 2 N–H and O–H groups in total. The van der Waals surface area contributed by atoms with Crippen LogP contribution in [0.5, 0.6) is 5.88 Å². The Hall–Kier alpha value is -2.57. The van der Waals surface area contributed by atoms with Crippen LogP contribution >= 0.6 is 11.8 Å². The van der Waals surface area contributed by atoms with Crippen molar-refractivity contribution >= 4 is 23.5 Å². The fraction of sp³-hybridized carbons (Fsp3) is 0.621. The van der Waals surface area contributed by atoms with Gasteiger partial charge in [-0.15, -0.1) is 0 Å². The number of morpholine rings is 1.